The van der Waals surface area contributed by atoms with Crippen molar-refractivity contribution < 1.29 is 17.9 Å². The summed E-state index contributed by atoms with van der Waals surface area (Å²) in [4.78, 5) is 15.1. The molecule has 0 aromatic heterocycles. The van der Waals surface area contributed by atoms with Crippen LogP contribution in [0.2, 0.25) is 0 Å². The van der Waals surface area contributed by atoms with Crippen molar-refractivity contribution in [3.8, 4) is 0 Å². The van der Waals surface area contributed by atoms with Crippen LogP contribution >= 0.6 is 0 Å². The molecule has 2 heterocycles. The first-order chi connectivity index (χ1) is 15.5. The molecule has 0 spiro atoms. The van der Waals surface area contributed by atoms with Crippen LogP contribution in [0.15, 0.2) is 53.4 Å². The summed E-state index contributed by atoms with van der Waals surface area (Å²) in [5, 5.41) is 2.99. The highest BCUT2D eigenvalue weighted by Crippen LogP contribution is 2.32. The summed E-state index contributed by atoms with van der Waals surface area (Å²) >= 11 is 0. The molecule has 1 N–H and O–H groups in total. The summed E-state index contributed by atoms with van der Waals surface area (Å²) in [6.45, 7) is 3.71. The van der Waals surface area contributed by atoms with Crippen LogP contribution < -0.4 is 10.2 Å². The van der Waals surface area contributed by atoms with Crippen molar-refractivity contribution in [3.63, 3.8) is 0 Å². The van der Waals surface area contributed by atoms with Crippen molar-refractivity contribution in [1.82, 2.24) is 4.31 Å². The van der Waals surface area contributed by atoms with Gasteiger partial charge in [-0.05, 0) is 43.0 Å². The van der Waals surface area contributed by atoms with E-state index in [0.717, 1.165) is 30.5 Å². The summed E-state index contributed by atoms with van der Waals surface area (Å²) in [6.07, 6.45) is 3.79. The highest BCUT2D eigenvalue weighted by molar-refractivity contribution is 7.89. The first-order valence-electron chi connectivity index (χ1n) is 11.3. The van der Waals surface area contributed by atoms with Gasteiger partial charge in [-0.25, -0.2) is 8.42 Å². The number of hydrogen-bond acceptors (Lipinski definition) is 5. The summed E-state index contributed by atoms with van der Waals surface area (Å²) < 4.78 is 33.4. The van der Waals surface area contributed by atoms with E-state index in [-0.39, 0.29) is 10.8 Å². The van der Waals surface area contributed by atoms with Gasteiger partial charge < -0.3 is 15.0 Å². The summed E-state index contributed by atoms with van der Waals surface area (Å²) in [5.74, 6) is -0.129. The van der Waals surface area contributed by atoms with E-state index in [9.17, 15) is 13.2 Å². The van der Waals surface area contributed by atoms with Gasteiger partial charge in [-0.2, -0.15) is 4.31 Å². The maximum Gasteiger partial charge on any atom is 0.243 e. The van der Waals surface area contributed by atoms with Crippen molar-refractivity contribution in [2.75, 3.05) is 49.6 Å². The maximum absolute atomic E-state index is 13.2. The van der Waals surface area contributed by atoms with Crippen LogP contribution in [0.3, 0.4) is 0 Å². The van der Waals surface area contributed by atoms with E-state index in [1.165, 1.54) is 0 Å². The normalized spacial score (nSPS) is 17.8. The molecule has 1 amide bonds. The number of nitrogens with zero attached hydrogens (tertiary/aromatic N) is 2. The number of hydrogen-bond donors (Lipinski definition) is 1. The molecule has 2 fully saturated rings. The van der Waals surface area contributed by atoms with Crippen LogP contribution in [0.5, 0.6) is 0 Å². The second-order valence-electron chi connectivity index (χ2n) is 8.28. The van der Waals surface area contributed by atoms with E-state index in [4.69, 9.17) is 4.74 Å². The van der Waals surface area contributed by atoms with E-state index in [1.807, 2.05) is 36.4 Å². The first kappa shape index (κ1) is 22.8. The Hall–Kier alpha value is -2.42. The Kier molecular flexibility index (Phi) is 7.44. The number of benzene rings is 2. The van der Waals surface area contributed by atoms with E-state index in [2.05, 4.69) is 10.2 Å². The number of aryl methyl sites for hydroxylation is 1. The molecule has 172 valence electrons. The number of carbonyl (C=O) groups excluding carboxylic acids is 1. The molecular weight excluding hydrogens is 426 g/mol. The average Bonchev–Trinajstić information content (AvgIpc) is 2.84. The third kappa shape index (κ3) is 5.49. The summed E-state index contributed by atoms with van der Waals surface area (Å²) in [7, 11) is -3.58. The molecular formula is C24H31N3O4S. The number of morpholine rings is 1. The number of rotatable bonds is 7. The van der Waals surface area contributed by atoms with Gasteiger partial charge in [0.1, 0.15) is 0 Å². The fourth-order valence-electron chi connectivity index (χ4n) is 4.23. The van der Waals surface area contributed by atoms with Crippen LogP contribution in [-0.2, 0) is 26.0 Å². The Morgan fingerprint density at radius 3 is 2.38 bits per heavy atom. The highest BCUT2D eigenvalue weighted by Gasteiger charge is 2.27. The van der Waals surface area contributed by atoms with Gasteiger partial charge in [0.15, 0.2) is 0 Å². The Bertz CT molecular complexity index is 1010. The highest BCUT2D eigenvalue weighted by atomic mass is 32.2. The maximum atomic E-state index is 13.2. The van der Waals surface area contributed by atoms with Gasteiger partial charge in [-0.3, -0.25) is 4.79 Å². The third-order valence-electron chi connectivity index (χ3n) is 6.03. The first-order valence-corrected chi connectivity index (χ1v) is 12.8. The zero-order valence-corrected chi connectivity index (χ0v) is 19.1. The molecule has 0 atom stereocenters. The lowest BCUT2D eigenvalue weighted by molar-refractivity contribution is -0.116. The molecule has 32 heavy (non-hydrogen) atoms. The molecule has 0 bridgehead atoms. The van der Waals surface area contributed by atoms with Crippen molar-refractivity contribution in [2.45, 2.75) is 37.0 Å². The molecule has 2 aliphatic heterocycles. The quantitative estimate of drug-likeness (QED) is 0.690. The molecule has 8 heteroatoms. The Morgan fingerprint density at radius 1 is 0.938 bits per heavy atom. The number of sulfonamides is 1. The van der Waals surface area contributed by atoms with Crippen LogP contribution in [-0.4, -0.2) is 58.0 Å². The minimum Gasteiger partial charge on any atom is -0.378 e. The van der Waals surface area contributed by atoms with Gasteiger partial charge in [-0.1, -0.05) is 36.8 Å². The van der Waals surface area contributed by atoms with Gasteiger partial charge in [-0.15, -0.1) is 0 Å². The average molecular weight is 458 g/mol. The van der Waals surface area contributed by atoms with E-state index >= 15 is 0 Å². The number of nitrogens with one attached hydrogen (secondary N) is 1. The standard InChI is InChI=1S/C24H31N3O4S/c28-24(12-9-20-7-3-1-4-8-20)25-22-19-21(32(29,30)27-13-5-2-6-14-27)10-11-23(22)26-15-17-31-18-16-26/h1,3-4,7-8,10-11,19H,2,5-6,9,12-18H2,(H,25,28). The Labute approximate surface area is 190 Å². The SMILES string of the molecule is O=C(CCc1ccccc1)Nc1cc(S(=O)(=O)N2CCCCC2)ccc1N1CCOCC1. The molecule has 4 rings (SSSR count). The molecule has 7 nitrogen and oxygen atoms in total. The number of anilines is 2. The monoisotopic (exact) mass is 457 g/mol. The molecule has 2 saturated heterocycles. The van der Waals surface area contributed by atoms with Crippen molar-refractivity contribution in [3.05, 3.63) is 54.1 Å². The Morgan fingerprint density at radius 2 is 1.66 bits per heavy atom. The molecule has 0 saturated carbocycles. The topological polar surface area (TPSA) is 79.0 Å². The molecule has 2 aliphatic rings. The van der Waals surface area contributed by atoms with Gasteiger partial charge >= 0.3 is 0 Å². The van der Waals surface area contributed by atoms with Gasteiger partial charge in [0, 0.05) is 32.6 Å². The molecule has 0 unspecified atom stereocenters. The molecule has 0 radical (unpaired) electrons. The van der Waals surface area contributed by atoms with Crippen LogP contribution in [0.1, 0.15) is 31.2 Å². The van der Waals surface area contributed by atoms with Crippen molar-refractivity contribution in [2.24, 2.45) is 0 Å². The van der Waals surface area contributed by atoms with E-state index < -0.39 is 10.0 Å². The number of ether oxygens (including phenoxy) is 1. The predicted octanol–water partition coefficient (Wildman–Crippen LogP) is 3.27. The number of carbonyl (C=O) groups is 1. The van der Waals surface area contributed by atoms with Gasteiger partial charge in [0.2, 0.25) is 15.9 Å². The minimum atomic E-state index is -3.58. The zero-order valence-electron chi connectivity index (χ0n) is 18.3. The Balaban J connectivity index is 1.56. The van der Waals surface area contributed by atoms with Crippen molar-refractivity contribution in [1.29, 1.82) is 0 Å². The largest absolute Gasteiger partial charge is 0.378 e. The zero-order chi connectivity index (χ0) is 22.4. The van der Waals surface area contributed by atoms with E-state index in [1.54, 1.807) is 16.4 Å². The van der Waals surface area contributed by atoms with Crippen molar-refractivity contribution >= 4 is 27.3 Å². The second kappa shape index (κ2) is 10.5. The second-order valence-corrected chi connectivity index (χ2v) is 10.2. The summed E-state index contributed by atoms with van der Waals surface area (Å²) in [5.41, 5.74) is 2.47. The van der Waals surface area contributed by atoms with Crippen LogP contribution in [0.4, 0.5) is 11.4 Å². The third-order valence-corrected chi connectivity index (χ3v) is 7.92. The fourth-order valence-corrected chi connectivity index (χ4v) is 5.77. The molecule has 2 aromatic carbocycles. The lowest BCUT2D eigenvalue weighted by Gasteiger charge is -2.31. The van der Waals surface area contributed by atoms with Crippen LogP contribution in [0, 0.1) is 0 Å². The van der Waals surface area contributed by atoms with Gasteiger partial charge in [0.25, 0.3) is 0 Å². The number of amides is 1. The van der Waals surface area contributed by atoms with E-state index in [0.29, 0.717) is 57.9 Å². The fraction of sp³-hybridized carbons (Fsp3) is 0.458. The number of piperidine rings is 1. The smallest absolute Gasteiger partial charge is 0.243 e. The summed E-state index contributed by atoms with van der Waals surface area (Å²) in [6, 6.07) is 15.0. The lowest BCUT2D eigenvalue weighted by Crippen LogP contribution is -2.37. The molecule has 0 aliphatic carbocycles. The minimum absolute atomic E-state index is 0.129. The molecule has 2 aromatic rings. The van der Waals surface area contributed by atoms with Crippen LogP contribution in [0.25, 0.3) is 0 Å². The lowest BCUT2D eigenvalue weighted by atomic mass is 10.1. The predicted molar refractivity (Wildman–Crippen MR) is 125 cm³/mol. The van der Waals surface area contributed by atoms with Gasteiger partial charge in [0.05, 0.1) is 29.5 Å².